The third-order valence-electron chi connectivity index (χ3n) is 4.32. The van der Waals surface area contributed by atoms with Crippen LogP contribution in [0.25, 0.3) is 0 Å². The van der Waals surface area contributed by atoms with E-state index in [0.717, 1.165) is 36.5 Å². The van der Waals surface area contributed by atoms with E-state index in [9.17, 15) is 4.79 Å². The van der Waals surface area contributed by atoms with E-state index in [0.29, 0.717) is 0 Å². The lowest BCUT2D eigenvalue weighted by Gasteiger charge is -2.27. The van der Waals surface area contributed by atoms with Gasteiger partial charge in [-0.15, -0.1) is 11.3 Å². The van der Waals surface area contributed by atoms with E-state index < -0.39 is 6.61 Å². The summed E-state index contributed by atoms with van der Waals surface area (Å²) in [5, 5.41) is 9.09. The summed E-state index contributed by atoms with van der Waals surface area (Å²) in [6, 6.07) is 8.68. The van der Waals surface area contributed by atoms with Crippen molar-refractivity contribution in [1.29, 1.82) is 0 Å². The van der Waals surface area contributed by atoms with Gasteiger partial charge in [0, 0.05) is 24.5 Å². The first-order valence-corrected chi connectivity index (χ1v) is 8.43. The molecular formula is C18H21NO2S. The Morgan fingerprint density at radius 3 is 2.68 bits per heavy atom. The molecule has 1 aromatic carbocycles. The molecule has 0 bridgehead atoms. The number of carbonyl (C=O) groups excluding carboxylic acids is 1. The Hall–Kier alpha value is -1.49. The highest BCUT2D eigenvalue weighted by molar-refractivity contribution is 7.14. The maximum absolute atomic E-state index is 11.8. The molecule has 4 heteroatoms. The van der Waals surface area contributed by atoms with E-state index in [1.54, 1.807) is 11.3 Å². The number of Topliss-reactive ketones (excluding diaryl/α,β-unsaturated/α-hetero) is 1. The van der Waals surface area contributed by atoms with Crippen LogP contribution in [-0.2, 0) is 19.5 Å². The minimum absolute atomic E-state index is 0.151. The first-order valence-electron chi connectivity index (χ1n) is 7.61. The number of hydrogen-bond acceptors (Lipinski definition) is 4. The van der Waals surface area contributed by atoms with Crippen molar-refractivity contribution in [3.05, 3.63) is 56.3 Å². The highest BCUT2D eigenvalue weighted by atomic mass is 32.1. The molecule has 1 N–H and O–H groups in total. The largest absolute Gasteiger partial charge is 0.388 e. The number of aryl methyl sites for hydroxylation is 1. The standard InChI is InChI=1S/C18H21NO2S/c1-12-3-5-14(6-4-12)9-19-8-7-17-15(10-19)13(2)18(22-17)16(21)11-20/h3-6,20H,7-11H2,1-2H3. The van der Waals surface area contributed by atoms with Gasteiger partial charge in [0.25, 0.3) is 0 Å². The van der Waals surface area contributed by atoms with E-state index in [1.807, 2.05) is 6.92 Å². The minimum atomic E-state index is -0.396. The fourth-order valence-electron chi connectivity index (χ4n) is 3.00. The van der Waals surface area contributed by atoms with Crippen LogP contribution in [0.1, 0.15) is 36.8 Å². The summed E-state index contributed by atoms with van der Waals surface area (Å²) in [4.78, 5) is 16.3. The molecule has 0 radical (unpaired) electrons. The molecule has 0 spiro atoms. The third-order valence-corrected chi connectivity index (χ3v) is 5.75. The number of nitrogens with zero attached hydrogens (tertiary/aromatic N) is 1. The molecule has 2 aromatic rings. The normalized spacial score (nSPS) is 14.9. The second-order valence-electron chi connectivity index (χ2n) is 5.99. The van der Waals surface area contributed by atoms with Crippen molar-refractivity contribution in [3.63, 3.8) is 0 Å². The molecule has 0 saturated carbocycles. The molecule has 1 aliphatic rings. The number of carbonyl (C=O) groups is 1. The number of aliphatic hydroxyl groups excluding tert-OH is 1. The van der Waals surface area contributed by atoms with Crippen molar-refractivity contribution in [2.24, 2.45) is 0 Å². The summed E-state index contributed by atoms with van der Waals surface area (Å²) in [6.45, 7) is 6.57. The lowest BCUT2D eigenvalue weighted by Crippen LogP contribution is -2.29. The van der Waals surface area contributed by atoms with Crippen molar-refractivity contribution < 1.29 is 9.90 Å². The number of fused-ring (bicyclic) bond motifs is 1. The molecule has 0 unspecified atom stereocenters. The monoisotopic (exact) mass is 315 g/mol. The molecule has 2 heterocycles. The summed E-state index contributed by atoms with van der Waals surface area (Å²) in [5.41, 5.74) is 4.96. The van der Waals surface area contributed by atoms with Gasteiger partial charge in [-0.25, -0.2) is 0 Å². The average Bonchev–Trinajstić information content (AvgIpc) is 2.86. The lowest BCUT2D eigenvalue weighted by atomic mass is 10.0. The van der Waals surface area contributed by atoms with Gasteiger partial charge in [0.15, 0.2) is 5.78 Å². The molecule has 0 saturated heterocycles. The van der Waals surface area contributed by atoms with Crippen LogP contribution >= 0.6 is 11.3 Å². The van der Waals surface area contributed by atoms with E-state index in [4.69, 9.17) is 5.11 Å². The van der Waals surface area contributed by atoms with Crippen LogP contribution in [0.3, 0.4) is 0 Å². The second-order valence-corrected chi connectivity index (χ2v) is 7.09. The van der Waals surface area contributed by atoms with Crippen molar-refractivity contribution in [3.8, 4) is 0 Å². The summed E-state index contributed by atoms with van der Waals surface area (Å²) in [7, 11) is 0. The van der Waals surface area contributed by atoms with Gasteiger partial charge in [0.2, 0.25) is 0 Å². The summed E-state index contributed by atoms with van der Waals surface area (Å²) in [5.74, 6) is -0.151. The van der Waals surface area contributed by atoms with E-state index in [2.05, 4.69) is 36.1 Å². The number of rotatable bonds is 4. The molecule has 1 aliphatic heterocycles. The molecule has 0 aliphatic carbocycles. The highest BCUT2D eigenvalue weighted by Gasteiger charge is 2.24. The van der Waals surface area contributed by atoms with Gasteiger partial charge < -0.3 is 5.11 Å². The van der Waals surface area contributed by atoms with Crippen LogP contribution in [0.2, 0.25) is 0 Å². The highest BCUT2D eigenvalue weighted by Crippen LogP contribution is 2.33. The Labute approximate surface area is 135 Å². The zero-order chi connectivity index (χ0) is 15.7. The van der Waals surface area contributed by atoms with Crippen molar-refractivity contribution in [2.45, 2.75) is 33.4 Å². The van der Waals surface area contributed by atoms with Crippen LogP contribution < -0.4 is 0 Å². The number of hydrogen-bond donors (Lipinski definition) is 1. The van der Waals surface area contributed by atoms with Crippen LogP contribution in [0.4, 0.5) is 0 Å². The smallest absolute Gasteiger partial charge is 0.198 e. The minimum Gasteiger partial charge on any atom is -0.388 e. The molecule has 116 valence electrons. The Bertz CT molecular complexity index is 688. The van der Waals surface area contributed by atoms with E-state index >= 15 is 0 Å². The summed E-state index contributed by atoms with van der Waals surface area (Å²) >= 11 is 1.57. The number of aliphatic hydroxyl groups is 1. The van der Waals surface area contributed by atoms with Crippen molar-refractivity contribution in [1.82, 2.24) is 4.90 Å². The third kappa shape index (κ3) is 3.00. The molecule has 0 fully saturated rings. The zero-order valence-electron chi connectivity index (χ0n) is 13.1. The molecule has 0 atom stereocenters. The van der Waals surface area contributed by atoms with Crippen LogP contribution in [-0.4, -0.2) is 28.9 Å². The van der Waals surface area contributed by atoms with Crippen LogP contribution in [0.5, 0.6) is 0 Å². The number of benzene rings is 1. The van der Waals surface area contributed by atoms with Gasteiger partial charge in [-0.2, -0.15) is 0 Å². The van der Waals surface area contributed by atoms with Gasteiger partial charge in [-0.3, -0.25) is 9.69 Å². The van der Waals surface area contributed by atoms with E-state index in [-0.39, 0.29) is 5.78 Å². The number of thiophene rings is 1. The second kappa shape index (κ2) is 6.32. The number of ketones is 1. The van der Waals surface area contributed by atoms with Crippen molar-refractivity contribution in [2.75, 3.05) is 13.2 Å². The predicted molar refractivity (Wildman–Crippen MR) is 89.5 cm³/mol. The molecule has 0 amide bonds. The molecule has 22 heavy (non-hydrogen) atoms. The Kier molecular flexibility index (Phi) is 4.43. The molecular weight excluding hydrogens is 294 g/mol. The van der Waals surface area contributed by atoms with Gasteiger partial charge in [0.05, 0.1) is 4.88 Å². The quantitative estimate of drug-likeness (QED) is 0.882. The van der Waals surface area contributed by atoms with Crippen LogP contribution in [0.15, 0.2) is 24.3 Å². The summed E-state index contributed by atoms with van der Waals surface area (Å²) in [6.07, 6.45) is 0.991. The fraction of sp³-hybridized carbons (Fsp3) is 0.389. The Morgan fingerprint density at radius 1 is 1.27 bits per heavy atom. The topological polar surface area (TPSA) is 40.5 Å². The van der Waals surface area contributed by atoms with Gasteiger partial charge in [-0.1, -0.05) is 29.8 Å². The van der Waals surface area contributed by atoms with Crippen molar-refractivity contribution >= 4 is 17.1 Å². The zero-order valence-corrected chi connectivity index (χ0v) is 13.9. The van der Waals surface area contributed by atoms with Gasteiger partial charge in [0.1, 0.15) is 6.61 Å². The Balaban J connectivity index is 1.77. The summed E-state index contributed by atoms with van der Waals surface area (Å²) < 4.78 is 0. The maximum atomic E-state index is 11.8. The maximum Gasteiger partial charge on any atom is 0.198 e. The van der Waals surface area contributed by atoms with Gasteiger partial charge in [-0.05, 0) is 37.0 Å². The van der Waals surface area contributed by atoms with E-state index in [1.165, 1.54) is 21.6 Å². The van der Waals surface area contributed by atoms with Gasteiger partial charge >= 0.3 is 0 Å². The average molecular weight is 315 g/mol. The lowest BCUT2D eigenvalue weighted by molar-refractivity contribution is 0.0907. The fourth-order valence-corrected chi connectivity index (χ4v) is 4.24. The predicted octanol–water partition coefficient (Wildman–Crippen LogP) is 3.10. The first kappa shape index (κ1) is 15.4. The molecule has 1 aromatic heterocycles. The molecule has 3 nitrogen and oxygen atoms in total. The SMILES string of the molecule is Cc1ccc(CN2CCc3sc(C(=O)CO)c(C)c3C2)cc1. The molecule has 3 rings (SSSR count). The Morgan fingerprint density at radius 2 is 2.00 bits per heavy atom. The van der Waals surface area contributed by atoms with Crippen LogP contribution in [0, 0.1) is 13.8 Å². The first-order chi connectivity index (χ1) is 10.6.